The number of nitrogens with two attached hydrogens (primary N) is 1. The summed E-state index contributed by atoms with van der Waals surface area (Å²) in [5.74, 6) is 1.61. The Morgan fingerprint density at radius 2 is 2.17 bits per heavy atom. The van der Waals surface area contributed by atoms with Gasteiger partial charge < -0.3 is 10.6 Å². The molecule has 2 aliphatic carbocycles. The van der Waals surface area contributed by atoms with Crippen molar-refractivity contribution in [2.45, 2.75) is 31.7 Å². The van der Waals surface area contributed by atoms with Crippen LogP contribution in [-0.4, -0.2) is 23.4 Å². The van der Waals surface area contributed by atoms with Crippen LogP contribution in [-0.2, 0) is 0 Å². The summed E-state index contributed by atoms with van der Waals surface area (Å²) in [5, 5.41) is 8.06. The fourth-order valence-corrected chi connectivity index (χ4v) is 2.54. The van der Waals surface area contributed by atoms with E-state index in [1.807, 2.05) is 0 Å². The molecule has 1 aromatic heterocycles. The minimum absolute atomic E-state index is 0.00539. The number of nitrogen functional groups attached to an aromatic ring is 1. The standard InChI is InChI=1S/C13H17ClN4/c14-11-10(12(15)16)5-6-17-13(11)18(9-3-4-9)7-8-1-2-8/h5-6,8-9H,1-4,7H2,(H3,15,16). The van der Waals surface area contributed by atoms with E-state index in [0.29, 0.717) is 16.6 Å². The average Bonchev–Trinajstić information content (AvgIpc) is 3.19. The van der Waals surface area contributed by atoms with E-state index in [9.17, 15) is 0 Å². The molecule has 0 aromatic carbocycles. The van der Waals surface area contributed by atoms with Gasteiger partial charge in [-0.3, -0.25) is 5.41 Å². The third kappa shape index (κ3) is 2.29. The predicted octanol–water partition coefficient (Wildman–Crippen LogP) is 2.40. The van der Waals surface area contributed by atoms with Crippen molar-refractivity contribution in [3.63, 3.8) is 0 Å². The van der Waals surface area contributed by atoms with Gasteiger partial charge in [-0.2, -0.15) is 0 Å². The third-order valence-corrected chi connectivity index (χ3v) is 3.95. The summed E-state index contributed by atoms with van der Waals surface area (Å²) in [6.45, 7) is 1.04. The molecule has 0 aliphatic heterocycles. The summed E-state index contributed by atoms with van der Waals surface area (Å²) < 4.78 is 0. The number of anilines is 1. The highest BCUT2D eigenvalue weighted by atomic mass is 35.5. The Labute approximate surface area is 112 Å². The molecule has 5 heteroatoms. The highest BCUT2D eigenvalue weighted by Crippen LogP contribution is 2.39. The Bertz CT molecular complexity index is 480. The molecule has 1 aromatic rings. The van der Waals surface area contributed by atoms with Gasteiger partial charge >= 0.3 is 0 Å². The molecule has 1 heterocycles. The second kappa shape index (κ2) is 4.43. The SMILES string of the molecule is N=C(N)c1ccnc(N(CC2CC2)C2CC2)c1Cl. The van der Waals surface area contributed by atoms with Crippen LogP contribution >= 0.6 is 11.6 Å². The Hall–Kier alpha value is -1.29. The second-order valence-electron chi connectivity index (χ2n) is 5.24. The molecule has 4 nitrogen and oxygen atoms in total. The molecule has 3 N–H and O–H groups in total. The van der Waals surface area contributed by atoms with E-state index in [4.69, 9.17) is 22.7 Å². The van der Waals surface area contributed by atoms with Crippen LogP contribution in [0, 0.1) is 11.3 Å². The smallest absolute Gasteiger partial charge is 0.148 e. The first kappa shape index (κ1) is 11.8. The van der Waals surface area contributed by atoms with Gasteiger partial charge in [0.2, 0.25) is 0 Å². The van der Waals surface area contributed by atoms with Gasteiger partial charge in [-0.05, 0) is 37.7 Å². The van der Waals surface area contributed by atoms with Crippen molar-refractivity contribution in [3.05, 3.63) is 22.8 Å². The van der Waals surface area contributed by atoms with Crippen LogP contribution in [0.2, 0.25) is 5.02 Å². The Morgan fingerprint density at radius 1 is 1.44 bits per heavy atom. The van der Waals surface area contributed by atoms with Crippen LogP contribution < -0.4 is 10.6 Å². The quantitative estimate of drug-likeness (QED) is 0.634. The number of halogens is 1. The highest BCUT2D eigenvalue weighted by molar-refractivity contribution is 6.36. The van der Waals surface area contributed by atoms with E-state index in [2.05, 4.69) is 9.88 Å². The molecule has 0 saturated heterocycles. The van der Waals surface area contributed by atoms with Crippen molar-refractivity contribution in [1.82, 2.24) is 4.98 Å². The molecule has 2 aliphatic rings. The van der Waals surface area contributed by atoms with E-state index < -0.39 is 0 Å². The maximum absolute atomic E-state index is 7.54. The maximum Gasteiger partial charge on any atom is 0.148 e. The van der Waals surface area contributed by atoms with Crippen LogP contribution in [0.3, 0.4) is 0 Å². The number of hydrogen-bond acceptors (Lipinski definition) is 3. The molecule has 18 heavy (non-hydrogen) atoms. The number of pyridine rings is 1. The lowest BCUT2D eigenvalue weighted by atomic mass is 10.2. The Balaban J connectivity index is 1.92. The second-order valence-corrected chi connectivity index (χ2v) is 5.61. The summed E-state index contributed by atoms with van der Waals surface area (Å²) in [6.07, 6.45) is 6.75. The third-order valence-electron chi connectivity index (χ3n) is 3.57. The van der Waals surface area contributed by atoms with Crippen molar-refractivity contribution < 1.29 is 0 Å². The van der Waals surface area contributed by atoms with Crippen LogP contribution in [0.25, 0.3) is 0 Å². The van der Waals surface area contributed by atoms with E-state index in [1.54, 1.807) is 12.3 Å². The van der Waals surface area contributed by atoms with Crippen LogP contribution in [0.1, 0.15) is 31.2 Å². The summed E-state index contributed by atoms with van der Waals surface area (Å²) in [6, 6.07) is 2.29. The Morgan fingerprint density at radius 3 is 2.72 bits per heavy atom. The van der Waals surface area contributed by atoms with Crippen molar-refractivity contribution in [2.24, 2.45) is 11.7 Å². The molecule has 96 valence electrons. The minimum atomic E-state index is 0.00539. The molecule has 0 atom stereocenters. The molecule has 0 unspecified atom stereocenters. The minimum Gasteiger partial charge on any atom is -0.384 e. The molecule has 2 saturated carbocycles. The first-order valence-electron chi connectivity index (χ1n) is 6.42. The number of aromatic nitrogens is 1. The molecular weight excluding hydrogens is 248 g/mol. The summed E-state index contributed by atoms with van der Waals surface area (Å²) in [5.41, 5.74) is 6.13. The summed E-state index contributed by atoms with van der Waals surface area (Å²) in [7, 11) is 0. The van der Waals surface area contributed by atoms with Crippen LogP contribution in [0.5, 0.6) is 0 Å². The van der Waals surface area contributed by atoms with E-state index in [0.717, 1.165) is 18.3 Å². The monoisotopic (exact) mass is 264 g/mol. The lowest BCUT2D eigenvalue weighted by molar-refractivity contribution is 0.709. The van der Waals surface area contributed by atoms with Crippen molar-refractivity contribution in [2.75, 3.05) is 11.4 Å². The maximum atomic E-state index is 7.54. The van der Waals surface area contributed by atoms with Gasteiger partial charge in [-0.1, -0.05) is 11.6 Å². The van der Waals surface area contributed by atoms with Gasteiger partial charge in [0.05, 0.1) is 5.02 Å². The predicted molar refractivity (Wildman–Crippen MR) is 73.4 cm³/mol. The van der Waals surface area contributed by atoms with Gasteiger partial charge in [0, 0.05) is 24.3 Å². The van der Waals surface area contributed by atoms with Gasteiger partial charge in [-0.25, -0.2) is 4.98 Å². The van der Waals surface area contributed by atoms with Crippen molar-refractivity contribution in [1.29, 1.82) is 5.41 Å². The molecule has 0 bridgehead atoms. The zero-order valence-corrected chi connectivity index (χ0v) is 11.0. The number of hydrogen-bond donors (Lipinski definition) is 2. The van der Waals surface area contributed by atoms with E-state index >= 15 is 0 Å². The lowest BCUT2D eigenvalue weighted by Gasteiger charge is -2.25. The van der Waals surface area contributed by atoms with Crippen LogP contribution in [0.15, 0.2) is 12.3 Å². The molecule has 3 rings (SSSR count). The zero-order chi connectivity index (χ0) is 12.7. The highest BCUT2D eigenvalue weighted by Gasteiger charge is 2.35. The van der Waals surface area contributed by atoms with Gasteiger partial charge in [0.1, 0.15) is 11.7 Å². The molecule has 0 spiro atoms. The summed E-state index contributed by atoms with van der Waals surface area (Å²) in [4.78, 5) is 6.72. The lowest BCUT2D eigenvalue weighted by Crippen LogP contribution is -2.29. The van der Waals surface area contributed by atoms with Crippen molar-refractivity contribution in [3.8, 4) is 0 Å². The summed E-state index contributed by atoms with van der Waals surface area (Å²) >= 11 is 6.35. The number of amidine groups is 1. The zero-order valence-electron chi connectivity index (χ0n) is 10.2. The fourth-order valence-electron chi connectivity index (χ4n) is 2.21. The van der Waals surface area contributed by atoms with Crippen LogP contribution in [0.4, 0.5) is 5.82 Å². The number of nitrogens with zero attached hydrogens (tertiary/aromatic N) is 2. The normalized spacial score (nSPS) is 18.7. The largest absolute Gasteiger partial charge is 0.384 e. The topological polar surface area (TPSA) is 66.0 Å². The first-order valence-corrected chi connectivity index (χ1v) is 6.80. The van der Waals surface area contributed by atoms with Gasteiger partial charge in [-0.15, -0.1) is 0 Å². The Kier molecular flexibility index (Phi) is 2.90. The van der Waals surface area contributed by atoms with E-state index in [1.165, 1.54) is 25.7 Å². The molecular formula is C13H17ClN4. The first-order chi connectivity index (χ1) is 8.66. The number of rotatable bonds is 5. The molecule has 0 amide bonds. The fraction of sp³-hybridized carbons (Fsp3) is 0.538. The van der Waals surface area contributed by atoms with Crippen molar-refractivity contribution >= 4 is 23.3 Å². The average molecular weight is 265 g/mol. The van der Waals surface area contributed by atoms with Gasteiger partial charge in [0.15, 0.2) is 0 Å². The van der Waals surface area contributed by atoms with Gasteiger partial charge in [0.25, 0.3) is 0 Å². The van der Waals surface area contributed by atoms with E-state index in [-0.39, 0.29) is 5.84 Å². The molecule has 2 fully saturated rings. The molecule has 0 radical (unpaired) electrons. The number of nitrogens with one attached hydrogen (secondary N) is 1.